The van der Waals surface area contributed by atoms with Crippen LogP contribution in [0.25, 0.3) is 5.65 Å². The summed E-state index contributed by atoms with van der Waals surface area (Å²) in [5.74, 6) is 0.698. The minimum Gasteiger partial charge on any atom is -0.358 e. The summed E-state index contributed by atoms with van der Waals surface area (Å²) in [5, 5.41) is 11.6. The number of imidazole rings is 1. The maximum Gasteiger partial charge on any atom is 0.348 e. The first-order valence-electron chi connectivity index (χ1n) is 4.68. The van der Waals surface area contributed by atoms with Gasteiger partial charge in [0, 0.05) is 18.4 Å². The topological polar surface area (TPSA) is 86.5 Å². The standard InChI is InChI=1S/C9H10N4O2S/c10-4-5-16-9-3-1-2-7-11-6-8(12(7)9)13(14)15/h1-3,6H,4-5,10H2. The van der Waals surface area contributed by atoms with Gasteiger partial charge in [-0.25, -0.2) is 4.98 Å². The van der Waals surface area contributed by atoms with Crippen molar-refractivity contribution >= 4 is 23.2 Å². The summed E-state index contributed by atoms with van der Waals surface area (Å²) < 4.78 is 1.53. The molecule has 2 heterocycles. The number of fused-ring (bicyclic) bond motifs is 1. The summed E-state index contributed by atoms with van der Waals surface area (Å²) in [6, 6.07) is 5.38. The normalized spacial score (nSPS) is 10.8. The van der Waals surface area contributed by atoms with Crippen molar-refractivity contribution in [2.75, 3.05) is 12.3 Å². The summed E-state index contributed by atoms with van der Waals surface area (Å²) >= 11 is 1.48. The van der Waals surface area contributed by atoms with Crippen LogP contribution in [-0.4, -0.2) is 26.6 Å². The van der Waals surface area contributed by atoms with Gasteiger partial charge in [0.1, 0.15) is 6.20 Å². The molecule has 0 unspecified atom stereocenters. The van der Waals surface area contributed by atoms with Gasteiger partial charge in [0.15, 0.2) is 5.03 Å². The Balaban J connectivity index is 2.54. The number of thioether (sulfide) groups is 1. The van der Waals surface area contributed by atoms with Crippen molar-refractivity contribution in [1.29, 1.82) is 0 Å². The fourth-order valence-electron chi connectivity index (χ4n) is 1.40. The molecule has 0 saturated carbocycles. The molecule has 0 spiro atoms. The molecule has 6 nitrogen and oxygen atoms in total. The summed E-state index contributed by atoms with van der Waals surface area (Å²) in [5.41, 5.74) is 5.99. The average Bonchev–Trinajstić information content (AvgIpc) is 2.70. The molecular weight excluding hydrogens is 228 g/mol. The summed E-state index contributed by atoms with van der Waals surface area (Å²) in [4.78, 5) is 14.4. The minimum absolute atomic E-state index is 0.0184. The fraction of sp³-hybridized carbons (Fsp3) is 0.222. The minimum atomic E-state index is -0.438. The van der Waals surface area contributed by atoms with Crippen LogP contribution in [0.3, 0.4) is 0 Å². The number of hydrogen-bond donors (Lipinski definition) is 1. The molecule has 0 saturated heterocycles. The maximum absolute atomic E-state index is 10.8. The number of pyridine rings is 1. The highest BCUT2D eigenvalue weighted by Gasteiger charge is 2.17. The summed E-state index contributed by atoms with van der Waals surface area (Å²) in [6.45, 7) is 0.531. The van der Waals surface area contributed by atoms with Crippen LogP contribution in [0, 0.1) is 10.1 Å². The van der Waals surface area contributed by atoms with Crippen molar-refractivity contribution in [3.63, 3.8) is 0 Å². The molecule has 16 heavy (non-hydrogen) atoms. The zero-order valence-corrected chi connectivity index (χ0v) is 9.18. The van der Waals surface area contributed by atoms with E-state index in [1.54, 1.807) is 6.07 Å². The number of nitro groups is 1. The van der Waals surface area contributed by atoms with Crippen molar-refractivity contribution in [3.8, 4) is 0 Å². The lowest BCUT2D eigenvalue weighted by Crippen LogP contribution is -2.03. The van der Waals surface area contributed by atoms with Gasteiger partial charge in [-0.15, -0.1) is 0 Å². The predicted octanol–water partition coefficient (Wildman–Crippen LogP) is 1.29. The quantitative estimate of drug-likeness (QED) is 0.492. The monoisotopic (exact) mass is 238 g/mol. The van der Waals surface area contributed by atoms with Crippen molar-refractivity contribution in [3.05, 3.63) is 34.5 Å². The Morgan fingerprint density at radius 2 is 2.38 bits per heavy atom. The lowest BCUT2D eigenvalue weighted by Gasteiger charge is -2.00. The second-order valence-electron chi connectivity index (χ2n) is 3.07. The van der Waals surface area contributed by atoms with Gasteiger partial charge in [-0.1, -0.05) is 17.8 Å². The molecule has 0 aliphatic carbocycles. The van der Waals surface area contributed by atoms with Crippen LogP contribution in [0.1, 0.15) is 0 Å². The van der Waals surface area contributed by atoms with E-state index in [0.717, 1.165) is 5.03 Å². The molecule has 84 valence electrons. The van der Waals surface area contributed by atoms with Crippen LogP contribution in [-0.2, 0) is 0 Å². The molecule has 0 amide bonds. The lowest BCUT2D eigenvalue weighted by molar-refractivity contribution is -0.390. The van der Waals surface area contributed by atoms with Crippen molar-refractivity contribution in [2.24, 2.45) is 5.73 Å². The number of nitrogens with two attached hydrogens (primary N) is 1. The van der Waals surface area contributed by atoms with Gasteiger partial charge < -0.3 is 15.8 Å². The molecule has 0 atom stereocenters. The predicted molar refractivity (Wildman–Crippen MR) is 61.6 cm³/mol. The van der Waals surface area contributed by atoms with Crippen molar-refractivity contribution < 1.29 is 4.92 Å². The molecule has 2 aromatic heterocycles. The highest BCUT2D eigenvalue weighted by Crippen LogP contribution is 2.24. The van der Waals surface area contributed by atoms with Crippen LogP contribution < -0.4 is 5.73 Å². The molecule has 0 aromatic carbocycles. The van der Waals surface area contributed by atoms with Gasteiger partial charge in [-0.2, -0.15) is 4.40 Å². The van der Waals surface area contributed by atoms with Gasteiger partial charge in [0.25, 0.3) is 0 Å². The van der Waals surface area contributed by atoms with Gasteiger partial charge in [0.2, 0.25) is 5.65 Å². The third-order valence-electron chi connectivity index (χ3n) is 2.03. The lowest BCUT2D eigenvalue weighted by atomic mass is 10.5. The van der Waals surface area contributed by atoms with E-state index in [1.807, 2.05) is 12.1 Å². The van der Waals surface area contributed by atoms with Crippen molar-refractivity contribution in [2.45, 2.75) is 5.03 Å². The number of rotatable bonds is 4. The molecule has 2 aromatic rings. The molecule has 2 rings (SSSR count). The second-order valence-corrected chi connectivity index (χ2v) is 4.18. The molecular formula is C9H10N4O2S. The van der Waals surface area contributed by atoms with Crippen LogP contribution in [0.4, 0.5) is 5.82 Å². The van der Waals surface area contributed by atoms with E-state index in [9.17, 15) is 10.1 Å². The maximum atomic E-state index is 10.8. The Hall–Kier alpha value is -1.60. The molecule has 0 radical (unpaired) electrons. The Labute approximate surface area is 95.6 Å². The first-order valence-corrected chi connectivity index (χ1v) is 5.66. The smallest absolute Gasteiger partial charge is 0.348 e. The van der Waals surface area contributed by atoms with Crippen LogP contribution in [0.5, 0.6) is 0 Å². The average molecular weight is 238 g/mol. The SMILES string of the molecule is NCCSc1cccc2ncc([N+](=O)[O-])n12. The van der Waals surface area contributed by atoms with Gasteiger partial charge in [-0.05, 0) is 11.0 Å². The zero-order chi connectivity index (χ0) is 11.5. The first kappa shape index (κ1) is 10.9. The van der Waals surface area contributed by atoms with E-state index in [2.05, 4.69) is 4.98 Å². The first-order chi connectivity index (χ1) is 7.74. The van der Waals surface area contributed by atoms with Gasteiger partial charge >= 0.3 is 5.82 Å². The van der Waals surface area contributed by atoms with Crippen LogP contribution >= 0.6 is 11.8 Å². The Morgan fingerprint density at radius 3 is 3.06 bits per heavy atom. The van der Waals surface area contributed by atoms with Crippen LogP contribution in [0.15, 0.2) is 29.4 Å². The van der Waals surface area contributed by atoms with E-state index in [1.165, 1.54) is 22.4 Å². The summed E-state index contributed by atoms with van der Waals surface area (Å²) in [7, 11) is 0. The second kappa shape index (κ2) is 4.50. The highest BCUT2D eigenvalue weighted by atomic mass is 32.2. The van der Waals surface area contributed by atoms with E-state index in [-0.39, 0.29) is 5.82 Å². The third-order valence-corrected chi connectivity index (χ3v) is 3.08. The van der Waals surface area contributed by atoms with E-state index >= 15 is 0 Å². The van der Waals surface area contributed by atoms with Gasteiger partial charge in [0.05, 0.1) is 0 Å². The Morgan fingerprint density at radius 1 is 1.56 bits per heavy atom. The largest absolute Gasteiger partial charge is 0.358 e. The summed E-state index contributed by atoms with van der Waals surface area (Å²) in [6.07, 6.45) is 1.27. The Kier molecular flexibility index (Phi) is 3.07. The highest BCUT2D eigenvalue weighted by molar-refractivity contribution is 7.99. The molecule has 0 bridgehead atoms. The van der Waals surface area contributed by atoms with Crippen molar-refractivity contribution in [1.82, 2.24) is 9.38 Å². The molecule has 0 aliphatic rings. The molecule has 0 fully saturated rings. The van der Waals surface area contributed by atoms with E-state index < -0.39 is 4.92 Å². The number of hydrogen-bond acceptors (Lipinski definition) is 5. The van der Waals surface area contributed by atoms with Crippen LogP contribution in [0.2, 0.25) is 0 Å². The molecule has 2 N–H and O–H groups in total. The zero-order valence-electron chi connectivity index (χ0n) is 8.37. The third kappa shape index (κ3) is 1.86. The molecule has 0 aliphatic heterocycles. The van der Waals surface area contributed by atoms with E-state index in [0.29, 0.717) is 17.9 Å². The van der Waals surface area contributed by atoms with E-state index in [4.69, 9.17) is 5.73 Å². The Bertz CT molecular complexity index is 525. The number of aromatic nitrogens is 2. The number of nitrogens with zero attached hydrogens (tertiary/aromatic N) is 3. The molecule has 7 heteroatoms. The fourth-order valence-corrected chi connectivity index (χ4v) is 2.21. The van der Waals surface area contributed by atoms with Gasteiger partial charge in [-0.3, -0.25) is 0 Å².